The molecule has 1 aromatic rings. The van der Waals surface area contributed by atoms with Gasteiger partial charge in [0, 0.05) is 0 Å². The van der Waals surface area contributed by atoms with E-state index in [-0.39, 0.29) is 0 Å². The fourth-order valence-corrected chi connectivity index (χ4v) is 2.03. The van der Waals surface area contributed by atoms with Gasteiger partial charge in [0.2, 0.25) is 0 Å². The Morgan fingerprint density at radius 2 is 2.10 bits per heavy atom. The number of methoxy groups -OCH3 is 1. The molecule has 0 aromatic heterocycles. The second kappa shape index (κ2) is 8.31. The molecule has 6 nitrogen and oxygen atoms in total. The van der Waals surface area contributed by atoms with Crippen LogP contribution in [0.25, 0.3) is 0 Å². The second-order valence-corrected chi connectivity index (χ2v) is 4.96. The van der Waals surface area contributed by atoms with Gasteiger partial charge in [-0.2, -0.15) is 11.8 Å². The first-order valence-corrected chi connectivity index (χ1v) is 7.40. The molecule has 0 saturated carbocycles. The average molecular weight is 298 g/mol. The van der Waals surface area contributed by atoms with Gasteiger partial charge in [-0.25, -0.2) is 9.59 Å². The number of amides is 2. The average Bonchev–Trinajstić information content (AvgIpc) is 2.43. The summed E-state index contributed by atoms with van der Waals surface area (Å²) in [6, 6.07) is 5.44. The molecule has 0 spiro atoms. The SMILES string of the molecule is COc1ccccc1NC(=O)NC(CCSC)C(=O)O. The smallest absolute Gasteiger partial charge is 0.326 e. The molecule has 110 valence electrons. The molecular formula is C13H18N2O4S. The van der Waals surface area contributed by atoms with Crippen LogP contribution in [0.2, 0.25) is 0 Å². The molecule has 0 fully saturated rings. The first-order valence-electron chi connectivity index (χ1n) is 6.00. The van der Waals surface area contributed by atoms with Crippen LogP contribution in [-0.4, -0.2) is 42.3 Å². The lowest BCUT2D eigenvalue weighted by Gasteiger charge is -2.15. The van der Waals surface area contributed by atoms with Gasteiger partial charge in [-0.1, -0.05) is 12.1 Å². The molecule has 2 amide bonds. The predicted molar refractivity (Wildman–Crippen MR) is 79.6 cm³/mol. The van der Waals surface area contributed by atoms with Crippen molar-refractivity contribution in [2.45, 2.75) is 12.5 Å². The Kier molecular flexibility index (Phi) is 6.72. The van der Waals surface area contributed by atoms with Crippen molar-refractivity contribution in [2.75, 3.05) is 24.4 Å². The number of para-hydroxylation sites is 2. The number of anilines is 1. The normalized spacial score (nSPS) is 11.5. The fourth-order valence-electron chi connectivity index (χ4n) is 1.56. The second-order valence-electron chi connectivity index (χ2n) is 3.97. The van der Waals surface area contributed by atoms with E-state index < -0.39 is 18.0 Å². The highest BCUT2D eigenvalue weighted by Gasteiger charge is 2.19. The molecule has 0 saturated heterocycles. The molecule has 1 aromatic carbocycles. The van der Waals surface area contributed by atoms with Crippen LogP contribution in [0.15, 0.2) is 24.3 Å². The van der Waals surface area contributed by atoms with Crippen LogP contribution < -0.4 is 15.4 Å². The minimum atomic E-state index is -1.05. The fraction of sp³-hybridized carbons (Fsp3) is 0.385. The molecule has 0 radical (unpaired) electrons. The summed E-state index contributed by atoms with van der Waals surface area (Å²) in [7, 11) is 1.50. The van der Waals surface area contributed by atoms with Gasteiger partial charge in [0.1, 0.15) is 11.8 Å². The van der Waals surface area contributed by atoms with E-state index in [4.69, 9.17) is 9.84 Å². The molecule has 0 aliphatic heterocycles. The van der Waals surface area contributed by atoms with Gasteiger partial charge in [-0.15, -0.1) is 0 Å². The van der Waals surface area contributed by atoms with E-state index in [0.717, 1.165) is 0 Å². The van der Waals surface area contributed by atoms with E-state index in [9.17, 15) is 9.59 Å². The van der Waals surface area contributed by atoms with Crippen molar-refractivity contribution in [2.24, 2.45) is 0 Å². The largest absolute Gasteiger partial charge is 0.495 e. The van der Waals surface area contributed by atoms with E-state index in [1.54, 1.807) is 24.3 Å². The number of carbonyl (C=O) groups is 2. The molecular weight excluding hydrogens is 280 g/mol. The van der Waals surface area contributed by atoms with Gasteiger partial charge in [0.25, 0.3) is 0 Å². The van der Waals surface area contributed by atoms with E-state index in [1.807, 2.05) is 6.26 Å². The number of aliphatic carboxylic acids is 1. The zero-order valence-corrected chi connectivity index (χ0v) is 12.2. The topological polar surface area (TPSA) is 87.7 Å². The number of ether oxygens (including phenoxy) is 1. The molecule has 1 atom stereocenters. The summed E-state index contributed by atoms with van der Waals surface area (Å²) in [5.74, 6) is 0.124. The predicted octanol–water partition coefficient (Wildman–Crippen LogP) is 2.02. The summed E-state index contributed by atoms with van der Waals surface area (Å²) in [6.07, 6.45) is 2.25. The van der Waals surface area contributed by atoms with E-state index >= 15 is 0 Å². The molecule has 0 bridgehead atoms. The van der Waals surface area contributed by atoms with Crippen molar-refractivity contribution in [3.05, 3.63) is 24.3 Å². The number of hydrogen-bond donors (Lipinski definition) is 3. The van der Waals surface area contributed by atoms with Gasteiger partial charge in [-0.05, 0) is 30.6 Å². The Morgan fingerprint density at radius 1 is 1.40 bits per heavy atom. The van der Waals surface area contributed by atoms with Crippen molar-refractivity contribution in [3.8, 4) is 5.75 Å². The molecule has 3 N–H and O–H groups in total. The van der Waals surface area contributed by atoms with Crippen molar-refractivity contribution in [3.63, 3.8) is 0 Å². The highest BCUT2D eigenvalue weighted by Crippen LogP contribution is 2.22. The van der Waals surface area contributed by atoms with Crippen molar-refractivity contribution in [1.82, 2.24) is 5.32 Å². The van der Waals surface area contributed by atoms with Crippen molar-refractivity contribution in [1.29, 1.82) is 0 Å². The summed E-state index contributed by atoms with van der Waals surface area (Å²) in [4.78, 5) is 22.9. The number of nitrogens with one attached hydrogen (secondary N) is 2. The van der Waals surface area contributed by atoms with Crippen LogP contribution in [0.4, 0.5) is 10.5 Å². The highest BCUT2D eigenvalue weighted by molar-refractivity contribution is 7.98. The minimum absolute atomic E-state index is 0.371. The van der Waals surface area contributed by atoms with E-state index in [1.165, 1.54) is 18.9 Å². The molecule has 0 aliphatic rings. The standard InChI is InChI=1S/C13H18N2O4S/c1-19-11-6-4-3-5-9(11)14-13(18)15-10(12(16)17)7-8-20-2/h3-6,10H,7-8H2,1-2H3,(H,16,17)(H2,14,15,18). The summed E-state index contributed by atoms with van der Waals surface area (Å²) < 4.78 is 5.10. The van der Waals surface area contributed by atoms with Crippen LogP contribution in [0.1, 0.15) is 6.42 Å². The Balaban J connectivity index is 2.63. The zero-order valence-electron chi connectivity index (χ0n) is 11.4. The Hall–Kier alpha value is -1.89. The number of benzene rings is 1. The number of urea groups is 1. The quantitative estimate of drug-likeness (QED) is 0.717. The first-order chi connectivity index (χ1) is 9.58. The summed E-state index contributed by atoms with van der Waals surface area (Å²) in [5.41, 5.74) is 0.488. The Morgan fingerprint density at radius 3 is 2.70 bits per heavy atom. The third-order valence-corrected chi connectivity index (χ3v) is 3.21. The minimum Gasteiger partial charge on any atom is -0.495 e. The van der Waals surface area contributed by atoms with Gasteiger partial charge >= 0.3 is 12.0 Å². The first kappa shape index (κ1) is 16.2. The zero-order chi connectivity index (χ0) is 15.0. The van der Waals surface area contributed by atoms with E-state index in [0.29, 0.717) is 23.6 Å². The molecule has 1 rings (SSSR count). The maximum Gasteiger partial charge on any atom is 0.326 e. The van der Waals surface area contributed by atoms with Crippen LogP contribution in [0.3, 0.4) is 0 Å². The number of thioether (sulfide) groups is 1. The van der Waals surface area contributed by atoms with Gasteiger partial charge in [0.15, 0.2) is 0 Å². The molecule has 1 unspecified atom stereocenters. The van der Waals surface area contributed by atoms with Gasteiger partial charge < -0.3 is 20.5 Å². The van der Waals surface area contributed by atoms with Crippen LogP contribution in [-0.2, 0) is 4.79 Å². The van der Waals surface area contributed by atoms with Crippen molar-refractivity contribution >= 4 is 29.4 Å². The Bertz CT molecular complexity index is 467. The van der Waals surface area contributed by atoms with Gasteiger partial charge in [-0.3, -0.25) is 0 Å². The lowest BCUT2D eigenvalue weighted by Crippen LogP contribution is -2.43. The number of hydrogen-bond acceptors (Lipinski definition) is 4. The Labute approximate surface area is 121 Å². The molecule has 20 heavy (non-hydrogen) atoms. The third kappa shape index (κ3) is 5.00. The summed E-state index contributed by atoms with van der Waals surface area (Å²) in [5, 5.41) is 14.0. The molecule has 0 aliphatic carbocycles. The monoisotopic (exact) mass is 298 g/mol. The molecule has 7 heteroatoms. The lowest BCUT2D eigenvalue weighted by molar-refractivity contribution is -0.139. The summed E-state index contributed by atoms with van der Waals surface area (Å²) >= 11 is 1.53. The number of rotatable bonds is 7. The van der Waals surface area contributed by atoms with E-state index in [2.05, 4.69) is 10.6 Å². The number of carbonyl (C=O) groups excluding carboxylic acids is 1. The number of carboxylic acid groups (broad SMARTS) is 1. The van der Waals surface area contributed by atoms with Crippen LogP contribution >= 0.6 is 11.8 Å². The molecule has 0 heterocycles. The van der Waals surface area contributed by atoms with Gasteiger partial charge in [0.05, 0.1) is 12.8 Å². The van der Waals surface area contributed by atoms with Crippen LogP contribution in [0.5, 0.6) is 5.75 Å². The summed E-state index contributed by atoms with van der Waals surface area (Å²) in [6.45, 7) is 0. The highest BCUT2D eigenvalue weighted by atomic mass is 32.2. The van der Waals surface area contributed by atoms with Crippen molar-refractivity contribution < 1.29 is 19.4 Å². The maximum atomic E-state index is 11.8. The number of carboxylic acids is 1. The maximum absolute atomic E-state index is 11.8. The lowest BCUT2D eigenvalue weighted by atomic mass is 10.2. The third-order valence-electron chi connectivity index (χ3n) is 2.57. The van der Waals surface area contributed by atoms with Crippen LogP contribution in [0, 0.1) is 0 Å².